The maximum atomic E-state index is 8.74. The second-order valence-corrected chi connectivity index (χ2v) is 3.38. The lowest BCUT2D eigenvalue weighted by molar-refractivity contribution is 0.281. The number of nitriles is 1. The average Bonchev–Trinajstić information content (AvgIpc) is 2.27. The summed E-state index contributed by atoms with van der Waals surface area (Å²) >= 11 is 0. The molecule has 3 nitrogen and oxygen atoms in total. The van der Waals surface area contributed by atoms with Crippen LogP contribution in [-0.4, -0.2) is 12.6 Å². The van der Waals surface area contributed by atoms with Crippen molar-refractivity contribution in [3.8, 4) is 11.8 Å². The van der Waals surface area contributed by atoms with Crippen molar-refractivity contribution in [1.29, 1.82) is 5.26 Å². The van der Waals surface area contributed by atoms with Crippen LogP contribution in [0.15, 0.2) is 18.2 Å². The van der Waals surface area contributed by atoms with E-state index >= 15 is 0 Å². The predicted octanol–water partition coefficient (Wildman–Crippen LogP) is 2.14. The molecule has 0 fully saturated rings. The first-order valence-electron chi connectivity index (χ1n) is 4.77. The molecular weight excluding hydrogens is 176 g/mol. The van der Waals surface area contributed by atoms with Gasteiger partial charge in [0.2, 0.25) is 0 Å². The number of nitrogens with one attached hydrogen (secondary N) is 1. The molecule has 2 rings (SSSR count). The van der Waals surface area contributed by atoms with Crippen LogP contribution in [0.25, 0.3) is 0 Å². The van der Waals surface area contributed by atoms with E-state index in [2.05, 4.69) is 18.3 Å². The minimum atomic E-state index is 0.358. The normalized spacial score (nSPS) is 18.7. The number of benzene rings is 1. The van der Waals surface area contributed by atoms with Gasteiger partial charge in [-0.15, -0.1) is 0 Å². The minimum Gasteiger partial charge on any atom is -0.489 e. The zero-order chi connectivity index (χ0) is 9.97. The molecule has 0 bridgehead atoms. The van der Waals surface area contributed by atoms with Gasteiger partial charge in [-0.25, -0.2) is 0 Å². The fourth-order valence-corrected chi connectivity index (χ4v) is 1.51. The fourth-order valence-electron chi connectivity index (χ4n) is 1.51. The van der Waals surface area contributed by atoms with Gasteiger partial charge in [-0.1, -0.05) is 6.92 Å². The van der Waals surface area contributed by atoms with Crippen molar-refractivity contribution < 1.29 is 4.74 Å². The van der Waals surface area contributed by atoms with Gasteiger partial charge in [0.15, 0.2) is 0 Å². The number of anilines is 1. The summed E-state index contributed by atoms with van der Waals surface area (Å²) < 4.78 is 5.55. The van der Waals surface area contributed by atoms with E-state index in [1.165, 1.54) is 0 Å². The lowest BCUT2D eigenvalue weighted by Gasteiger charge is -2.26. The molecule has 0 radical (unpaired) electrons. The quantitative estimate of drug-likeness (QED) is 0.734. The van der Waals surface area contributed by atoms with E-state index in [0.717, 1.165) is 17.9 Å². The first kappa shape index (κ1) is 8.89. The Bertz CT molecular complexity index is 381. The summed E-state index contributed by atoms with van der Waals surface area (Å²) in [6.45, 7) is 2.82. The van der Waals surface area contributed by atoms with Gasteiger partial charge in [0.05, 0.1) is 23.4 Å². The molecule has 1 heterocycles. The highest BCUT2D eigenvalue weighted by Crippen LogP contribution is 2.30. The molecule has 0 aliphatic carbocycles. The third-order valence-corrected chi connectivity index (χ3v) is 2.40. The number of hydrogen-bond donors (Lipinski definition) is 1. The molecule has 1 atom stereocenters. The van der Waals surface area contributed by atoms with E-state index in [1.807, 2.05) is 12.1 Å². The maximum Gasteiger partial charge on any atom is 0.142 e. The predicted molar refractivity (Wildman–Crippen MR) is 54.4 cm³/mol. The van der Waals surface area contributed by atoms with Gasteiger partial charge in [0.1, 0.15) is 12.4 Å². The van der Waals surface area contributed by atoms with Crippen molar-refractivity contribution in [2.24, 2.45) is 0 Å². The second-order valence-electron chi connectivity index (χ2n) is 3.38. The largest absolute Gasteiger partial charge is 0.489 e. The van der Waals surface area contributed by atoms with Crippen molar-refractivity contribution >= 4 is 5.69 Å². The lowest BCUT2D eigenvalue weighted by atomic mass is 10.1. The minimum absolute atomic E-state index is 0.358. The Balaban J connectivity index is 2.31. The van der Waals surface area contributed by atoms with E-state index in [0.29, 0.717) is 18.2 Å². The van der Waals surface area contributed by atoms with Gasteiger partial charge in [-0.2, -0.15) is 5.26 Å². The van der Waals surface area contributed by atoms with Gasteiger partial charge >= 0.3 is 0 Å². The first-order valence-corrected chi connectivity index (χ1v) is 4.77. The van der Waals surface area contributed by atoms with Gasteiger partial charge in [0.25, 0.3) is 0 Å². The molecule has 1 aromatic rings. The molecule has 1 aromatic carbocycles. The van der Waals surface area contributed by atoms with E-state index in [1.54, 1.807) is 6.07 Å². The molecule has 3 heteroatoms. The number of nitrogens with zero attached hydrogens (tertiary/aromatic N) is 1. The highest BCUT2D eigenvalue weighted by atomic mass is 16.5. The van der Waals surface area contributed by atoms with Crippen LogP contribution in [0.5, 0.6) is 5.75 Å². The van der Waals surface area contributed by atoms with Crippen molar-refractivity contribution in [3.05, 3.63) is 23.8 Å². The van der Waals surface area contributed by atoms with E-state index in [-0.39, 0.29) is 0 Å². The summed E-state index contributed by atoms with van der Waals surface area (Å²) in [7, 11) is 0. The first-order chi connectivity index (χ1) is 6.83. The molecule has 1 unspecified atom stereocenters. The Morgan fingerprint density at radius 3 is 3.21 bits per heavy atom. The number of ether oxygens (including phenoxy) is 1. The third kappa shape index (κ3) is 1.51. The van der Waals surface area contributed by atoms with Crippen molar-refractivity contribution in [3.63, 3.8) is 0 Å². The molecule has 72 valence electrons. The van der Waals surface area contributed by atoms with Crippen LogP contribution in [0.2, 0.25) is 0 Å². The van der Waals surface area contributed by atoms with Crippen molar-refractivity contribution in [2.75, 3.05) is 11.9 Å². The third-order valence-electron chi connectivity index (χ3n) is 2.40. The van der Waals surface area contributed by atoms with Gasteiger partial charge in [0, 0.05) is 0 Å². The summed E-state index contributed by atoms with van der Waals surface area (Å²) in [6.07, 6.45) is 1.02. The van der Waals surface area contributed by atoms with Gasteiger partial charge in [-0.3, -0.25) is 0 Å². The number of rotatable bonds is 1. The molecular formula is C11H12N2O. The molecule has 0 amide bonds. The van der Waals surface area contributed by atoms with Crippen LogP contribution in [0, 0.1) is 11.3 Å². The van der Waals surface area contributed by atoms with Gasteiger partial charge < -0.3 is 10.1 Å². The molecule has 0 saturated heterocycles. The SMILES string of the molecule is CCC1COc2ccc(C#N)cc2N1. The zero-order valence-corrected chi connectivity index (χ0v) is 8.08. The Labute approximate surface area is 83.3 Å². The van der Waals surface area contributed by atoms with Crippen molar-refractivity contribution in [2.45, 2.75) is 19.4 Å². The molecule has 1 aliphatic heterocycles. The van der Waals surface area contributed by atoms with Crippen LogP contribution in [0.1, 0.15) is 18.9 Å². The highest BCUT2D eigenvalue weighted by molar-refractivity contribution is 5.61. The van der Waals surface area contributed by atoms with E-state index in [4.69, 9.17) is 10.00 Å². The molecule has 1 aliphatic rings. The van der Waals surface area contributed by atoms with Crippen LogP contribution in [-0.2, 0) is 0 Å². The summed E-state index contributed by atoms with van der Waals surface area (Å²) in [4.78, 5) is 0. The molecule has 14 heavy (non-hydrogen) atoms. The highest BCUT2D eigenvalue weighted by Gasteiger charge is 2.17. The summed E-state index contributed by atoms with van der Waals surface area (Å²) in [5.41, 5.74) is 1.60. The van der Waals surface area contributed by atoms with E-state index < -0.39 is 0 Å². The Morgan fingerprint density at radius 2 is 2.50 bits per heavy atom. The molecule has 0 saturated carbocycles. The Kier molecular flexibility index (Phi) is 2.28. The Hall–Kier alpha value is -1.69. The Morgan fingerprint density at radius 1 is 1.64 bits per heavy atom. The summed E-state index contributed by atoms with van der Waals surface area (Å²) in [6, 6.07) is 7.91. The molecule has 0 aromatic heterocycles. The zero-order valence-electron chi connectivity index (χ0n) is 8.08. The number of hydrogen-bond acceptors (Lipinski definition) is 3. The fraction of sp³-hybridized carbons (Fsp3) is 0.364. The standard InChI is InChI=1S/C11H12N2O/c1-2-9-7-14-11-4-3-8(6-12)5-10(11)13-9/h3-5,9,13H,2,7H2,1H3. The summed E-state index contributed by atoms with van der Waals surface area (Å²) in [5, 5.41) is 12.1. The topological polar surface area (TPSA) is 45.0 Å². The second kappa shape index (κ2) is 3.59. The summed E-state index contributed by atoms with van der Waals surface area (Å²) in [5.74, 6) is 0.841. The monoisotopic (exact) mass is 188 g/mol. The van der Waals surface area contributed by atoms with E-state index in [9.17, 15) is 0 Å². The maximum absolute atomic E-state index is 8.74. The lowest BCUT2D eigenvalue weighted by Crippen LogP contribution is -2.30. The smallest absolute Gasteiger partial charge is 0.142 e. The van der Waals surface area contributed by atoms with Crippen LogP contribution >= 0.6 is 0 Å². The van der Waals surface area contributed by atoms with Crippen molar-refractivity contribution in [1.82, 2.24) is 0 Å². The average molecular weight is 188 g/mol. The van der Waals surface area contributed by atoms with Crippen LogP contribution in [0.4, 0.5) is 5.69 Å². The molecule has 0 spiro atoms. The van der Waals surface area contributed by atoms with Gasteiger partial charge in [-0.05, 0) is 24.6 Å². The molecule has 1 N–H and O–H groups in total. The number of fused-ring (bicyclic) bond motifs is 1. The van der Waals surface area contributed by atoms with Crippen LogP contribution < -0.4 is 10.1 Å². The van der Waals surface area contributed by atoms with Crippen LogP contribution in [0.3, 0.4) is 0 Å².